The first kappa shape index (κ1) is 21.4. The molecule has 0 saturated carbocycles. The van der Waals surface area contributed by atoms with Crippen LogP contribution in [-0.2, 0) is 9.59 Å². The molecule has 2 heterocycles. The second-order valence-electron chi connectivity index (χ2n) is 8.83. The summed E-state index contributed by atoms with van der Waals surface area (Å²) in [6, 6.07) is 30.9. The monoisotopic (exact) mass is 439 g/mol. The van der Waals surface area contributed by atoms with Crippen LogP contribution in [-0.4, -0.2) is 54.3 Å². The van der Waals surface area contributed by atoms with Crippen molar-refractivity contribution in [1.82, 2.24) is 9.80 Å². The van der Waals surface area contributed by atoms with Crippen molar-refractivity contribution in [2.75, 3.05) is 37.6 Å². The Morgan fingerprint density at radius 2 is 1.24 bits per heavy atom. The van der Waals surface area contributed by atoms with Gasteiger partial charge in [0.05, 0.1) is 12.0 Å². The summed E-state index contributed by atoms with van der Waals surface area (Å²) < 4.78 is 0. The molecule has 0 spiro atoms. The van der Waals surface area contributed by atoms with E-state index in [1.54, 1.807) is 4.90 Å². The lowest BCUT2D eigenvalue weighted by atomic mass is 9.96. The molecule has 0 aromatic heterocycles. The van der Waals surface area contributed by atoms with Gasteiger partial charge in [-0.1, -0.05) is 78.9 Å². The van der Waals surface area contributed by atoms with Crippen LogP contribution in [0.1, 0.15) is 23.6 Å². The predicted octanol–water partition coefficient (Wildman–Crippen LogP) is 3.97. The third kappa shape index (κ3) is 4.55. The lowest BCUT2D eigenvalue weighted by Gasteiger charge is -2.40. The minimum Gasteiger partial charge on any atom is -0.340 e. The molecule has 2 fully saturated rings. The number of anilines is 1. The zero-order chi connectivity index (χ0) is 22.6. The van der Waals surface area contributed by atoms with E-state index in [0.29, 0.717) is 26.1 Å². The molecule has 168 valence electrons. The number of nitrogens with zero attached hydrogens (tertiary/aromatic N) is 3. The summed E-state index contributed by atoms with van der Waals surface area (Å²) in [6.45, 7) is 3.46. The highest BCUT2D eigenvalue weighted by atomic mass is 16.2. The van der Waals surface area contributed by atoms with Crippen LogP contribution >= 0.6 is 0 Å². The Morgan fingerprint density at radius 3 is 1.79 bits per heavy atom. The molecule has 0 N–H and O–H groups in total. The molecule has 2 aliphatic rings. The molecule has 2 amide bonds. The molecule has 5 nitrogen and oxygen atoms in total. The summed E-state index contributed by atoms with van der Waals surface area (Å²) in [5.74, 6) is -0.118. The first-order valence-corrected chi connectivity index (χ1v) is 11.7. The Bertz CT molecular complexity index is 1040. The predicted molar refractivity (Wildman–Crippen MR) is 130 cm³/mol. The van der Waals surface area contributed by atoms with Crippen LogP contribution in [0.15, 0.2) is 91.0 Å². The molecule has 5 rings (SSSR count). The molecule has 2 aliphatic heterocycles. The van der Waals surface area contributed by atoms with Crippen molar-refractivity contribution in [3.63, 3.8) is 0 Å². The number of rotatable bonds is 5. The van der Waals surface area contributed by atoms with E-state index in [4.69, 9.17) is 0 Å². The molecule has 0 unspecified atom stereocenters. The van der Waals surface area contributed by atoms with Gasteiger partial charge in [0.1, 0.15) is 0 Å². The fourth-order valence-electron chi connectivity index (χ4n) is 5.07. The van der Waals surface area contributed by atoms with Crippen molar-refractivity contribution in [2.45, 2.75) is 12.5 Å². The van der Waals surface area contributed by atoms with E-state index in [2.05, 4.69) is 53.4 Å². The van der Waals surface area contributed by atoms with E-state index < -0.39 is 0 Å². The molecular weight excluding hydrogens is 410 g/mol. The van der Waals surface area contributed by atoms with Crippen LogP contribution < -0.4 is 4.90 Å². The Balaban J connectivity index is 1.26. The van der Waals surface area contributed by atoms with Gasteiger partial charge >= 0.3 is 0 Å². The van der Waals surface area contributed by atoms with Crippen LogP contribution in [0.4, 0.5) is 5.69 Å². The van der Waals surface area contributed by atoms with E-state index in [1.807, 2.05) is 47.4 Å². The molecule has 3 aromatic carbocycles. The summed E-state index contributed by atoms with van der Waals surface area (Å²) in [5, 5.41) is 0. The smallest absolute Gasteiger partial charge is 0.228 e. The Morgan fingerprint density at radius 1 is 0.727 bits per heavy atom. The number of hydrogen-bond acceptors (Lipinski definition) is 3. The Hall–Kier alpha value is -3.44. The third-order valence-electron chi connectivity index (χ3n) is 6.76. The maximum atomic E-state index is 13.3. The van der Waals surface area contributed by atoms with Crippen LogP contribution in [0.3, 0.4) is 0 Å². The molecule has 5 heteroatoms. The highest BCUT2D eigenvalue weighted by Crippen LogP contribution is 2.31. The second kappa shape index (κ2) is 9.59. The highest BCUT2D eigenvalue weighted by Gasteiger charge is 2.38. The van der Waals surface area contributed by atoms with Crippen molar-refractivity contribution >= 4 is 17.5 Å². The van der Waals surface area contributed by atoms with E-state index >= 15 is 0 Å². The number of carbonyl (C=O) groups excluding carboxylic acids is 2. The van der Waals surface area contributed by atoms with Gasteiger partial charge in [-0.15, -0.1) is 0 Å². The standard InChI is InChI=1S/C28H29N3O2/c32-26-20-24(21-31(26)25-14-8-3-9-15-25)28(33)30-18-16-29(17-19-30)27(22-10-4-1-5-11-22)23-12-6-2-7-13-23/h1-15,24,27H,16-21H2/t24-/m1/s1. The molecule has 0 aliphatic carbocycles. The number of amides is 2. The minimum absolute atomic E-state index is 0.0337. The summed E-state index contributed by atoms with van der Waals surface area (Å²) in [7, 11) is 0. The highest BCUT2D eigenvalue weighted by molar-refractivity contribution is 6.00. The van der Waals surface area contributed by atoms with E-state index in [0.717, 1.165) is 18.8 Å². The summed E-state index contributed by atoms with van der Waals surface area (Å²) in [4.78, 5) is 32.0. The van der Waals surface area contributed by atoms with Crippen LogP contribution in [0.25, 0.3) is 0 Å². The van der Waals surface area contributed by atoms with E-state index in [-0.39, 0.29) is 23.8 Å². The Labute approximate surface area is 195 Å². The third-order valence-corrected chi connectivity index (χ3v) is 6.76. The van der Waals surface area contributed by atoms with Crippen molar-refractivity contribution < 1.29 is 9.59 Å². The molecule has 0 radical (unpaired) electrons. The molecule has 2 saturated heterocycles. The van der Waals surface area contributed by atoms with E-state index in [9.17, 15) is 9.59 Å². The number of carbonyl (C=O) groups is 2. The number of para-hydroxylation sites is 1. The summed E-state index contributed by atoms with van der Waals surface area (Å²) >= 11 is 0. The van der Waals surface area contributed by atoms with Gasteiger partial charge < -0.3 is 9.80 Å². The fraction of sp³-hybridized carbons (Fsp3) is 0.286. The molecule has 0 bridgehead atoms. The van der Waals surface area contributed by atoms with Gasteiger partial charge in [0.25, 0.3) is 0 Å². The first-order valence-electron chi connectivity index (χ1n) is 11.7. The maximum absolute atomic E-state index is 13.3. The topological polar surface area (TPSA) is 43.9 Å². The summed E-state index contributed by atoms with van der Waals surface area (Å²) in [6.07, 6.45) is 0.296. The zero-order valence-corrected chi connectivity index (χ0v) is 18.7. The van der Waals surface area contributed by atoms with Crippen LogP contribution in [0, 0.1) is 5.92 Å². The molecule has 3 aromatic rings. The van der Waals surface area contributed by atoms with Gasteiger partial charge in [-0.3, -0.25) is 14.5 Å². The van der Waals surface area contributed by atoms with Gasteiger partial charge in [-0.25, -0.2) is 0 Å². The minimum atomic E-state index is -0.261. The quantitative estimate of drug-likeness (QED) is 0.604. The van der Waals surface area contributed by atoms with Crippen LogP contribution in [0.2, 0.25) is 0 Å². The fourth-order valence-corrected chi connectivity index (χ4v) is 5.07. The van der Waals surface area contributed by atoms with E-state index in [1.165, 1.54) is 11.1 Å². The molecular formula is C28H29N3O2. The Kier molecular flexibility index (Phi) is 6.22. The maximum Gasteiger partial charge on any atom is 0.228 e. The summed E-state index contributed by atoms with van der Waals surface area (Å²) in [5.41, 5.74) is 3.41. The van der Waals surface area contributed by atoms with Crippen molar-refractivity contribution in [3.8, 4) is 0 Å². The SMILES string of the molecule is O=C([C@@H]1CC(=O)N(c2ccccc2)C1)N1CCN(C(c2ccccc2)c2ccccc2)CC1. The largest absolute Gasteiger partial charge is 0.340 e. The average molecular weight is 440 g/mol. The molecule has 1 atom stereocenters. The van der Waals surface area contributed by atoms with Gasteiger partial charge in [0.15, 0.2) is 0 Å². The molecule has 33 heavy (non-hydrogen) atoms. The van der Waals surface area contributed by atoms with Gasteiger partial charge in [-0.05, 0) is 23.3 Å². The normalized spacial score (nSPS) is 19.3. The number of benzene rings is 3. The van der Waals surface area contributed by atoms with Crippen molar-refractivity contribution in [3.05, 3.63) is 102 Å². The van der Waals surface area contributed by atoms with Crippen molar-refractivity contribution in [1.29, 1.82) is 0 Å². The second-order valence-corrected chi connectivity index (χ2v) is 8.83. The lowest BCUT2D eigenvalue weighted by Crippen LogP contribution is -2.51. The first-order chi connectivity index (χ1) is 16.2. The van der Waals surface area contributed by atoms with Gasteiger partial charge in [0, 0.05) is 44.8 Å². The van der Waals surface area contributed by atoms with Gasteiger partial charge in [0.2, 0.25) is 11.8 Å². The van der Waals surface area contributed by atoms with Gasteiger partial charge in [-0.2, -0.15) is 0 Å². The lowest BCUT2D eigenvalue weighted by molar-refractivity contribution is -0.137. The van der Waals surface area contributed by atoms with Crippen molar-refractivity contribution in [2.24, 2.45) is 5.92 Å². The zero-order valence-electron chi connectivity index (χ0n) is 18.7. The average Bonchev–Trinajstić information content (AvgIpc) is 3.27. The number of piperazine rings is 1. The number of hydrogen-bond donors (Lipinski definition) is 0. The van der Waals surface area contributed by atoms with Crippen LogP contribution in [0.5, 0.6) is 0 Å².